The highest BCUT2D eigenvalue weighted by Crippen LogP contribution is 2.20. The van der Waals surface area contributed by atoms with Gasteiger partial charge in [0, 0.05) is 50.2 Å². The lowest BCUT2D eigenvalue weighted by Gasteiger charge is -2.31. The lowest BCUT2D eigenvalue weighted by molar-refractivity contribution is -0.140. The van der Waals surface area contributed by atoms with E-state index in [1.165, 1.54) is 27.7 Å². The maximum absolute atomic E-state index is 11.8. The van der Waals surface area contributed by atoms with Gasteiger partial charge in [-0.15, -0.1) is 0 Å². The summed E-state index contributed by atoms with van der Waals surface area (Å²) in [6.45, 7) is 8.91. The highest BCUT2D eigenvalue weighted by molar-refractivity contribution is 6.85. The van der Waals surface area contributed by atoms with Gasteiger partial charge in [0.2, 0.25) is 0 Å². The lowest BCUT2D eigenvalue weighted by Crippen LogP contribution is -2.58. The molecule has 0 aliphatic heterocycles. The summed E-state index contributed by atoms with van der Waals surface area (Å²) in [5.74, 6) is -2.13. The molecule has 166 valence electrons. The van der Waals surface area contributed by atoms with Gasteiger partial charge in [-0.05, 0) is 0 Å². The molecule has 0 unspecified atom stereocenters. The van der Waals surface area contributed by atoms with E-state index in [1.807, 2.05) is 13.8 Å². The van der Waals surface area contributed by atoms with Gasteiger partial charge in [0.15, 0.2) is 0 Å². The predicted octanol–water partition coefficient (Wildman–Crippen LogP) is 2.06. The standard InChI is InChI=1S/C20H30O8Si2/c1-7-13-29(25-15(3)21,26-16(4)22)19-9-11-20(12-10-19)30(14-8-2,27-17(5)23)28-18(6)24/h9-12H,7-8,13-14H2,1-6H3. The average Bonchev–Trinajstić information content (AvgIpc) is 2.60. The molecule has 0 bridgehead atoms. The fourth-order valence-corrected chi connectivity index (χ4v) is 9.40. The van der Waals surface area contributed by atoms with E-state index in [9.17, 15) is 19.2 Å². The Morgan fingerprint density at radius 1 is 0.600 bits per heavy atom. The molecule has 0 amide bonds. The summed E-state index contributed by atoms with van der Waals surface area (Å²) < 4.78 is 22.3. The van der Waals surface area contributed by atoms with Crippen LogP contribution >= 0.6 is 0 Å². The fourth-order valence-electron chi connectivity index (χ4n) is 3.34. The van der Waals surface area contributed by atoms with Gasteiger partial charge in [0.25, 0.3) is 23.9 Å². The molecule has 0 N–H and O–H groups in total. The van der Waals surface area contributed by atoms with E-state index < -0.39 is 41.0 Å². The van der Waals surface area contributed by atoms with Gasteiger partial charge >= 0.3 is 17.1 Å². The van der Waals surface area contributed by atoms with Crippen molar-refractivity contribution in [2.75, 3.05) is 0 Å². The zero-order valence-corrected chi connectivity index (χ0v) is 20.4. The van der Waals surface area contributed by atoms with E-state index >= 15 is 0 Å². The van der Waals surface area contributed by atoms with Crippen LogP contribution in [0.1, 0.15) is 54.4 Å². The molecule has 0 aromatic heterocycles. The molecule has 0 aliphatic carbocycles. The summed E-state index contributed by atoms with van der Waals surface area (Å²) in [7, 11) is -6.72. The molecule has 30 heavy (non-hydrogen) atoms. The first-order valence-corrected chi connectivity index (χ1v) is 13.9. The molecule has 1 aromatic carbocycles. The summed E-state index contributed by atoms with van der Waals surface area (Å²) in [6.07, 6.45) is 1.29. The zero-order chi connectivity index (χ0) is 22.9. The maximum Gasteiger partial charge on any atom is 0.499 e. The number of carbonyl (C=O) groups excluding carboxylic acids is 4. The van der Waals surface area contributed by atoms with E-state index in [0.717, 1.165) is 0 Å². The minimum Gasteiger partial charge on any atom is -0.482 e. The number of benzene rings is 1. The molecule has 1 rings (SSSR count). The summed E-state index contributed by atoms with van der Waals surface area (Å²) in [4.78, 5) is 47.0. The molecule has 0 saturated heterocycles. The Balaban J connectivity index is 3.52. The van der Waals surface area contributed by atoms with E-state index in [2.05, 4.69) is 0 Å². The molecule has 0 heterocycles. The third kappa shape index (κ3) is 6.80. The molecule has 0 radical (unpaired) electrons. The lowest BCUT2D eigenvalue weighted by atomic mass is 10.4. The number of hydrogen-bond acceptors (Lipinski definition) is 8. The van der Waals surface area contributed by atoms with Crippen LogP contribution in [-0.2, 0) is 36.9 Å². The second kappa shape index (κ2) is 11.1. The van der Waals surface area contributed by atoms with Crippen molar-refractivity contribution >= 4 is 51.4 Å². The van der Waals surface area contributed by atoms with Gasteiger partial charge in [0.05, 0.1) is 0 Å². The molecule has 0 atom stereocenters. The molecular formula is C20H30O8Si2. The van der Waals surface area contributed by atoms with Gasteiger partial charge in [-0.2, -0.15) is 0 Å². The summed E-state index contributed by atoms with van der Waals surface area (Å²) in [5.41, 5.74) is 0. The Labute approximate surface area is 179 Å². The van der Waals surface area contributed by atoms with Crippen molar-refractivity contribution in [1.82, 2.24) is 0 Å². The fraction of sp³-hybridized carbons (Fsp3) is 0.500. The SMILES string of the molecule is CCC[Si](OC(C)=O)(OC(C)=O)c1ccc([Si](CCC)(OC(C)=O)OC(C)=O)cc1. The number of carbonyl (C=O) groups is 4. The molecular weight excluding hydrogens is 424 g/mol. The summed E-state index contributed by atoms with van der Waals surface area (Å²) in [6, 6.07) is 7.55. The topological polar surface area (TPSA) is 105 Å². The zero-order valence-electron chi connectivity index (χ0n) is 18.4. The van der Waals surface area contributed by atoms with Crippen molar-refractivity contribution in [2.45, 2.75) is 66.5 Å². The molecule has 8 nitrogen and oxygen atoms in total. The van der Waals surface area contributed by atoms with Gasteiger partial charge < -0.3 is 17.7 Å². The van der Waals surface area contributed by atoms with E-state index in [1.54, 1.807) is 24.3 Å². The predicted molar refractivity (Wildman–Crippen MR) is 114 cm³/mol. The largest absolute Gasteiger partial charge is 0.499 e. The van der Waals surface area contributed by atoms with Crippen LogP contribution in [0.2, 0.25) is 12.1 Å². The molecule has 0 saturated carbocycles. The van der Waals surface area contributed by atoms with Gasteiger partial charge in [-0.25, -0.2) is 0 Å². The smallest absolute Gasteiger partial charge is 0.482 e. The van der Waals surface area contributed by atoms with Crippen LogP contribution in [0.4, 0.5) is 0 Å². The van der Waals surface area contributed by atoms with Crippen molar-refractivity contribution in [1.29, 1.82) is 0 Å². The van der Waals surface area contributed by atoms with E-state index in [0.29, 0.717) is 35.3 Å². The van der Waals surface area contributed by atoms with Gasteiger partial charge in [0.1, 0.15) is 0 Å². The Hall–Kier alpha value is -2.47. The van der Waals surface area contributed by atoms with Crippen molar-refractivity contribution in [2.24, 2.45) is 0 Å². The average molecular weight is 455 g/mol. The van der Waals surface area contributed by atoms with Crippen molar-refractivity contribution < 1.29 is 36.9 Å². The second-order valence-corrected chi connectivity index (χ2v) is 12.9. The van der Waals surface area contributed by atoms with Crippen LogP contribution in [0.5, 0.6) is 0 Å². The quantitative estimate of drug-likeness (QED) is 0.495. The Bertz CT molecular complexity index is 679. The Morgan fingerprint density at radius 3 is 1.00 bits per heavy atom. The summed E-state index contributed by atoms with van der Waals surface area (Å²) in [5, 5.41) is 1.17. The monoisotopic (exact) mass is 454 g/mol. The number of rotatable bonds is 10. The Morgan fingerprint density at radius 2 is 0.833 bits per heavy atom. The molecule has 0 aliphatic rings. The van der Waals surface area contributed by atoms with Crippen molar-refractivity contribution in [3.8, 4) is 0 Å². The first-order chi connectivity index (χ1) is 14.0. The van der Waals surface area contributed by atoms with Crippen LogP contribution < -0.4 is 10.4 Å². The van der Waals surface area contributed by atoms with Crippen molar-refractivity contribution in [3.63, 3.8) is 0 Å². The van der Waals surface area contributed by atoms with Crippen LogP contribution in [0, 0.1) is 0 Å². The highest BCUT2D eigenvalue weighted by Gasteiger charge is 2.48. The second-order valence-electron chi connectivity index (χ2n) is 6.96. The maximum atomic E-state index is 11.8. The highest BCUT2D eigenvalue weighted by atomic mass is 28.4. The molecule has 0 fully saturated rings. The van der Waals surface area contributed by atoms with Crippen LogP contribution in [-0.4, -0.2) is 41.0 Å². The van der Waals surface area contributed by atoms with Crippen LogP contribution in [0.25, 0.3) is 0 Å². The Kier molecular flexibility index (Phi) is 9.43. The minimum atomic E-state index is -3.36. The minimum absolute atomic E-state index is 0.400. The third-order valence-corrected chi connectivity index (χ3v) is 11.4. The molecule has 10 heteroatoms. The third-order valence-electron chi connectivity index (χ3n) is 4.16. The normalized spacial score (nSPS) is 11.4. The van der Waals surface area contributed by atoms with E-state index in [4.69, 9.17) is 17.7 Å². The van der Waals surface area contributed by atoms with Gasteiger partial charge in [-0.3, -0.25) is 19.2 Å². The number of hydrogen-bond donors (Lipinski definition) is 0. The van der Waals surface area contributed by atoms with Crippen LogP contribution in [0.15, 0.2) is 24.3 Å². The van der Waals surface area contributed by atoms with Gasteiger partial charge in [-0.1, -0.05) is 51.0 Å². The molecule has 1 aromatic rings. The first-order valence-electron chi connectivity index (χ1n) is 9.89. The van der Waals surface area contributed by atoms with E-state index in [-0.39, 0.29) is 0 Å². The summed E-state index contributed by atoms with van der Waals surface area (Å²) >= 11 is 0. The first kappa shape index (κ1) is 25.6. The van der Waals surface area contributed by atoms with Crippen LogP contribution in [0.3, 0.4) is 0 Å². The van der Waals surface area contributed by atoms with Crippen molar-refractivity contribution in [3.05, 3.63) is 24.3 Å². The molecule has 0 spiro atoms.